The molecule has 15 aliphatic rings. The first-order valence-electron chi connectivity index (χ1n) is 49.3. The molecule has 13 aliphatic heterocycles. The van der Waals surface area contributed by atoms with Gasteiger partial charge in [-0.3, -0.25) is 28.9 Å². The number of nitrogens with two attached hydrogens (primary N) is 1. The van der Waals surface area contributed by atoms with Crippen molar-refractivity contribution in [3.05, 3.63) is 154 Å². The molecule has 16 rings (SSSR count). The van der Waals surface area contributed by atoms with Crippen LogP contribution < -0.4 is 5.90 Å². The van der Waals surface area contributed by atoms with Gasteiger partial charge in [-0.25, -0.2) is 5.90 Å². The maximum absolute atomic E-state index is 14.4. The Morgan fingerprint density at radius 2 is 0.838 bits per heavy atom. The minimum absolute atomic E-state index is 0.00753. The minimum atomic E-state index is -1.87. The van der Waals surface area contributed by atoms with Gasteiger partial charge in [0.05, 0.1) is 110 Å². The summed E-state index contributed by atoms with van der Waals surface area (Å²) in [5.74, 6) is -0.823. The van der Waals surface area contributed by atoms with Crippen LogP contribution in [-0.2, 0) is 114 Å². The molecule has 8 fully saturated rings. The van der Waals surface area contributed by atoms with E-state index >= 15 is 0 Å². The van der Waals surface area contributed by atoms with Crippen LogP contribution in [0.25, 0.3) is 0 Å². The Morgan fingerprint density at radius 1 is 0.471 bits per heavy atom. The molecule has 2 spiro atoms. The number of hydroxylamine groups is 2. The summed E-state index contributed by atoms with van der Waals surface area (Å²) in [7, 11) is 6.43. The second-order valence-electron chi connectivity index (χ2n) is 40.6. The van der Waals surface area contributed by atoms with E-state index in [9.17, 15) is 39.6 Å². The van der Waals surface area contributed by atoms with Crippen LogP contribution in [0.1, 0.15) is 209 Å². The smallest absolute Gasteiger partial charge is 0.316 e. The third kappa shape index (κ3) is 21.5. The number of rotatable bonds is 19. The van der Waals surface area contributed by atoms with Crippen molar-refractivity contribution in [2.24, 2.45) is 53.2 Å². The summed E-state index contributed by atoms with van der Waals surface area (Å²) in [6.45, 7) is 32.1. The van der Waals surface area contributed by atoms with E-state index in [1.807, 2.05) is 78.0 Å². The molecule has 1 aromatic rings. The fraction of sp³-hybridized carbons (Fsp3) is 0.712. The summed E-state index contributed by atoms with van der Waals surface area (Å²) >= 11 is 0. The molecule has 0 aromatic heterocycles. The van der Waals surface area contributed by atoms with Crippen LogP contribution in [-0.4, -0.2) is 285 Å². The lowest BCUT2D eigenvalue weighted by atomic mass is 9.71. The van der Waals surface area contributed by atoms with Crippen LogP contribution in [0.2, 0.25) is 0 Å². The minimum Gasteiger partial charge on any atom is -0.462 e. The second kappa shape index (κ2) is 43.9. The van der Waals surface area contributed by atoms with Crippen molar-refractivity contribution in [1.82, 2.24) is 5.06 Å². The van der Waals surface area contributed by atoms with E-state index in [0.717, 1.165) is 29.1 Å². The predicted octanol–water partition coefficient (Wildman–Crippen LogP) is 11.9. The molecule has 0 saturated carbocycles. The molecule has 2 amide bonds. The predicted molar refractivity (Wildman–Crippen MR) is 493 cm³/mol. The highest BCUT2D eigenvalue weighted by Gasteiger charge is 2.63. The average molecular weight is 1910 g/mol. The van der Waals surface area contributed by atoms with Crippen LogP contribution in [0.5, 0.6) is 0 Å². The van der Waals surface area contributed by atoms with E-state index in [1.54, 1.807) is 90.7 Å². The molecule has 0 unspecified atom stereocenters. The summed E-state index contributed by atoms with van der Waals surface area (Å²) in [4.78, 5) is 66.3. The number of esters is 2. The fourth-order valence-corrected chi connectivity index (χ4v) is 22.8. The van der Waals surface area contributed by atoms with E-state index < -0.39 is 193 Å². The lowest BCUT2D eigenvalue weighted by Crippen LogP contribution is -2.58. The maximum atomic E-state index is 14.4. The largest absolute Gasteiger partial charge is 0.462 e. The number of benzene rings is 1. The molecule has 754 valence electrons. The zero-order chi connectivity index (χ0) is 97.5. The molecule has 40 atom stereocenters. The number of carbonyl (C=O) groups excluding carboxylic acids is 4. The Kier molecular flexibility index (Phi) is 33.6. The average Bonchev–Trinajstić information content (AvgIpc) is 1.56. The van der Waals surface area contributed by atoms with Gasteiger partial charge in [-0.2, -0.15) is 0 Å². The van der Waals surface area contributed by atoms with E-state index in [1.165, 1.54) is 7.11 Å². The van der Waals surface area contributed by atoms with Crippen LogP contribution in [0.4, 0.5) is 0 Å². The van der Waals surface area contributed by atoms with Crippen molar-refractivity contribution in [1.29, 1.82) is 0 Å². The van der Waals surface area contributed by atoms with Gasteiger partial charge in [-0.1, -0.05) is 153 Å². The highest BCUT2D eigenvalue weighted by Crippen LogP contribution is 2.52. The number of aliphatic hydroxyl groups excluding tert-OH is 2. The van der Waals surface area contributed by atoms with E-state index in [4.69, 9.17) is 110 Å². The zero-order valence-electron chi connectivity index (χ0n) is 82.5. The van der Waals surface area contributed by atoms with Gasteiger partial charge < -0.3 is 115 Å². The van der Waals surface area contributed by atoms with E-state index in [0.29, 0.717) is 73.7 Å². The Hall–Kier alpha value is -6.30. The number of methoxy groups -OCH3 is 4. The molecule has 32 nitrogen and oxygen atoms in total. The first-order chi connectivity index (χ1) is 64.9. The van der Waals surface area contributed by atoms with E-state index in [-0.39, 0.29) is 109 Å². The van der Waals surface area contributed by atoms with Gasteiger partial charge in [-0.15, -0.1) is 5.06 Å². The van der Waals surface area contributed by atoms with Crippen LogP contribution in [0, 0.1) is 47.3 Å². The summed E-state index contributed by atoms with van der Waals surface area (Å²) in [5.41, 5.74) is 0.721. The van der Waals surface area contributed by atoms with Gasteiger partial charge in [-0.05, 0) is 138 Å². The van der Waals surface area contributed by atoms with Crippen molar-refractivity contribution in [3.8, 4) is 0 Å². The first-order valence-corrected chi connectivity index (χ1v) is 49.3. The first kappa shape index (κ1) is 104. The zero-order valence-corrected chi connectivity index (χ0v) is 82.5. The number of carbonyl (C=O) groups is 4. The molecule has 136 heavy (non-hydrogen) atoms. The van der Waals surface area contributed by atoms with Gasteiger partial charge >= 0.3 is 11.9 Å². The highest BCUT2D eigenvalue weighted by atomic mass is 16.8. The molecule has 2 aliphatic carbocycles. The molecular formula is C104H148N2O30. The lowest BCUT2D eigenvalue weighted by Gasteiger charge is -2.48. The monoisotopic (exact) mass is 1910 g/mol. The third-order valence-electron chi connectivity index (χ3n) is 31.1. The number of ether oxygens (including phenoxy) is 20. The Labute approximate surface area is 800 Å². The van der Waals surface area contributed by atoms with Gasteiger partial charge in [0.15, 0.2) is 36.7 Å². The molecular weight excluding hydrogens is 1760 g/mol. The second-order valence-corrected chi connectivity index (χ2v) is 40.6. The van der Waals surface area contributed by atoms with Crippen LogP contribution >= 0.6 is 0 Å². The Morgan fingerprint density at radius 3 is 1.22 bits per heavy atom. The normalized spacial score (nSPS) is 46.3. The van der Waals surface area contributed by atoms with Crippen molar-refractivity contribution in [2.75, 3.05) is 41.7 Å². The Balaban J connectivity index is 0.000000209. The number of allylic oxidation sites excluding steroid dienone is 4. The SMILES string of the molecule is CC[C@@H](C)[C@H]1O[C@]2(C=C[C@@H]1C)C[C@@H]1C[C@@H](C/C=C(\C)[C@@H](O[C@H]3C[C@H](OC)[C@@H](O[C@H]4C[C@H](OC)[C@@H](ON)[C@H](C)O4)[C@H](C)O3)[C@@H](C)/C=C/C=C3\CO[C@@H]4[C@H](O)C(C)=C[C@@H](C(=O)O1)[C@]34O)O2.CC[C@@H](C)[C@H]1O[C@]2(C=C[C@@H]1C)C[C@@H]1C[C@@H](C/C=C(\C)[C@@H](O[C@H]3C[C@H](OC)[C@@H](O[C@H]4C[C@H](OC)[C@@H](ON5C(=O)c6ccccc6C5=O)[C@H](C)O4)[C@H](C)O3)[C@@H](C)/C=C/C=C3\CO[C@@H]4[C@H](O)C(C)=C[C@@H](C(=O)O1)[C@]34O)O2. The number of fused-ring (bicyclic) bond motifs is 5. The summed E-state index contributed by atoms with van der Waals surface area (Å²) < 4.78 is 129. The molecule has 32 heteroatoms. The van der Waals surface area contributed by atoms with Crippen molar-refractivity contribution in [2.45, 2.75) is 382 Å². The lowest BCUT2D eigenvalue weighted by molar-refractivity contribution is -0.329. The molecule has 13 heterocycles. The third-order valence-corrected chi connectivity index (χ3v) is 31.1. The number of aliphatic hydroxyl groups is 4. The van der Waals surface area contributed by atoms with Gasteiger partial charge in [0.1, 0.15) is 84.1 Å². The van der Waals surface area contributed by atoms with Gasteiger partial charge in [0, 0.05) is 103 Å². The summed E-state index contributed by atoms with van der Waals surface area (Å²) in [6, 6.07) is 6.59. The molecule has 8 saturated heterocycles. The van der Waals surface area contributed by atoms with Crippen molar-refractivity contribution in [3.63, 3.8) is 0 Å². The quantitative estimate of drug-likeness (QED) is 0.0372. The maximum Gasteiger partial charge on any atom is 0.316 e. The number of hydrogen-bond acceptors (Lipinski definition) is 31. The molecule has 4 bridgehead atoms. The standard InChI is InChI=1S/C56H75NO16.C48H73NO14/c1-11-29(2)48-32(5)21-22-55(72-48)27-38-24-37(71-55)20-19-31(4)47(30(3)15-14-16-36-28-65-51-46(58)33(6)23-41(54(61)68-38)56(36,51)62)69-44-25-42(63-9)49(34(7)66-44)70-45-26-43(64-10)50(35(8)67-45)73-57-52(59)39-17-12-13-18-40(39)53(57)60;1-11-25(2)42-28(5)17-18-47(62-42)23-34-20-33(61-47)16-15-27(4)41(26(3)13-12-14-32-24-55-45-40(50)29(6)19-35(46(51)58-34)48(32,45)52)59-38-21-36(53-9)43(30(7)56-38)60-39-22-37(54-10)44(63-49)31(8)57-39/h12-19,21-23,29-30,32,34-35,37-38,41-51,58,62H,11,20,24-28H2,1-10H3;12-15,17-19,25-26,28,30-31,33-45,50,52H,11,16,20-24,49H2,1-10H3/b15-14+,31-19+,36-16+;13-12+,27-15+,32-14+/t29-,30+,32+,34+,35+,37-,38+,41+,42+,43+,44+,45+,46-,47+,48-,49+,50+,51-,55-,56-;25-,26+,28+,30+,31+,33-,34+,35+,36+,37+,38+,39+,40-,41+,42-,43+,44+,45-,47-,48-/m11/s1. The van der Waals surface area contributed by atoms with Crippen LogP contribution in [0.3, 0.4) is 0 Å². The number of hydrogen-bond donors (Lipinski definition) is 5. The van der Waals surface area contributed by atoms with E-state index in [2.05, 4.69) is 72.8 Å². The molecule has 6 N–H and O–H groups in total. The topological polar surface area (TPSA) is 382 Å². The number of amides is 2. The number of nitrogens with zero attached hydrogens (tertiary/aromatic N) is 1. The fourth-order valence-electron chi connectivity index (χ4n) is 22.8. The number of imide groups is 1. The summed E-state index contributed by atoms with van der Waals surface area (Å²) in [6.07, 6.45) is 16.3. The highest BCUT2D eigenvalue weighted by molar-refractivity contribution is 6.20. The van der Waals surface area contributed by atoms with Crippen molar-refractivity contribution >= 4 is 23.8 Å². The van der Waals surface area contributed by atoms with Crippen LogP contribution in [0.15, 0.2) is 143 Å². The van der Waals surface area contributed by atoms with Gasteiger partial charge in [0.2, 0.25) is 0 Å². The Bertz CT molecular complexity index is 4640. The van der Waals surface area contributed by atoms with Crippen molar-refractivity contribution < 1.29 is 144 Å². The van der Waals surface area contributed by atoms with Gasteiger partial charge in [0.25, 0.3) is 11.8 Å². The molecule has 1 aromatic carbocycles. The molecule has 0 radical (unpaired) electrons. The summed E-state index contributed by atoms with van der Waals surface area (Å²) in [5, 5.41) is 48.4.